The summed E-state index contributed by atoms with van der Waals surface area (Å²) in [7, 11) is 0. The van der Waals surface area contributed by atoms with E-state index < -0.39 is 6.10 Å². The summed E-state index contributed by atoms with van der Waals surface area (Å²) in [6.07, 6.45) is -0.545. The van der Waals surface area contributed by atoms with E-state index in [9.17, 15) is 9.59 Å². The van der Waals surface area contributed by atoms with Gasteiger partial charge < -0.3 is 20.7 Å². The number of nitrogens with two attached hydrogens (primary N) is 1. The third-order valence-electron chi connectivity index (χ3n) is 4.97. The van der Waals surface area contributed by atoms with Gasteiger partial charge in [0.1, 0.15) is 5.82 Å². The lowest BCUT2D eigenvalue weighted by Gasteiger charge is -2.34. The van der Waals surface area contributed by atoms with Crippen LogP contribution in [0.25, 0.3) is 0 Å². The molecule has 2 amide bonds. The smallest absolute Gasteiger partial charge is 0.274 e. The Morgan fingerprint density at radius 2 is 1.93 bits per heavy atom. The van der Waals surface area contributed by atoms with Crippen molar-refractivity contribution in [3.63, 3.8) is 0 Å². The number of rotatable bonds is 4. The zero-order valence-electron chi connectivity index (χ0n) is 15.5. The lowest BCUT2D eigenvalue weighted by Crippen LogP contribution is -2.48. The fourth-order valence-electron chi connectivity index (χ4n) is 3.49. The van der Waals surface area contributed by atoms with Crippen molar-refractivity contribution in [2.45, 2.75) is 12.5 Å². The van der Waals surface area contributed by atoms with Crippen LogP contribution in [-0.2, 0) is 9.59 Å². The number of nitrogens with one attached hydrogen (secondary N) is 1. The van der Waals surface area contributed by atoms with Gasteiger partial charge in [-0.1, -0.05) is 30.3 Å². The van der Waals surface area contributed by atoms with Gasteiger partial charge in [0, 0.05) is 44.7 Å². The average Bonchev–Trinajstić information content (AvgIpc) is 2.74. The third-order valence-corrected chi connectivity index (χ3v) is 4.97. The number of ether oxygens (including phenoxy) is 1. The number of nitrogens with zero attached hydrogens (tertiary/aromatic N) is 3. The number of aromatic nitrogens is 1. The van der Waals surface area contributed by atoms with Crippen LogP contribution < -0.4 is 20.7 Å². The normalized spacial score (nSPS) is 19.1. The molecule has 0 spiro atoms. The molecule has 3 heterocycles. The molecule has 1 saturated heterocycles. The minimum Gasteiger partial charge on any atom is -0.472 e. The van der Waals surface area contributed by atoms with E-state index in [1.807, 2.05) is 35.2 Å². The molecule has 1 aromatic heterocycles. The number of amides is 2. The highest BCUT2D eigenvalue weighted by atomic mass is 16.5. The maximum Gasteiger partial charge on any atom is 0.274 e. The minimum absolute atomic E-state index is 0.0301. The highest BCUT2D eigenvalue weighted by molar-refractivity contribution is 6.00. The van der Waals surface area contributed by atoms with Gasteiger partial charge in [-0.25, -0.2) is 4.98 Å². The van der Waals surface area contributed by atoms with Crippen molar-refractivity contribution in [2.24, 2.45) is 0 Å². The van der Waals surface area contributed by atoms with Crippen LogP contribution in [0.4, 0.5) is 11.6 Å². The second-order valence-corrected chi connectivity index (χ2v) is 6.84. The molecule has 1 fully saturated rings. The highest BCUT2D eigenvalue weighted by Gasteiger charge is 2.37. The molecule has 3 N–H and O–H groups in total. The first-order chi connectivity index (χ1) is 13.6. The van der Waals surface area contributed by atoms with E-state index in [0.717, 1.165) is 18.7 Å². The van der Waals surface area contributed by atoms with Gasteiger partial charge in [-0.15, -0.1) is 0 Å². The molecule has 2 aliphatic rings. The topological polar surface area (TPSA) is 101 Å². The molecule has 1 atom stereocenters. The maximum absolute atomic E-state index is 13.2. The van der Waals surface area contributed by atoms with Crippen molar-refractivity contribution >= 4 is 23.5 Å². The predicted octanol–water partition coefficient (Wildman–Crippen LogP) is 0.952. The van der Waals surface area contributed by atoms with Gasteiger partial charge in [0.25, 0.3) is 5.91 Å². The molecule has 8 heteroatoms. The average molecular weight is 381 g/mol. The molecule has 2 aromatic rings. The molecule has 0 bridgehead atoms. The van der Waals surface area contributed by atoms with Crippen molar-refractivity contribution in [3.05, 3.63) is 48.0 Å². The quantitative estimate of drug-likeness (QED) is 0.818. The van der Waals surface area contributed by atoms with E-state index in [0.29, 0.717) is 30.5 Å². The molecular formula is C20H23N5O3. The number of hydrogen-bond acceptors (Lipinski definition) is 6. The number of anilines is 2. The Morgan fingerprint density at radius 3 is 2.68 bits per heavy atom. The molecule has 0 aliphatic carbocycles. The van der Waals surface area contributed by atoms with Crippen LogP contribution in [0.5, 0.6) is 5.75 Å². The van der Waals surface area contributed by atoms with E-state index >= 15 is 0 Å². The summed E-state index contributed by atoms with van der Waals surface area (Å²) in [4.78, 5) is 33.4. The Hall–Kier alpha value is -3.13. The van der Waals surface area contributed by atoms with E-state index in [1.165, 1.54) is 4.90 Å². The summed E-state index contributed by atoms with van der Waals surface area (Å²) >= 11 is 0. The molecule has 1 aromatic carbocycles. The first-order valence-corrected chi connectivity index (χ1v) is 9.41. The number of hydrogen-bond donors (Lipinski definition) is 2. The zero-order valence-corrected chi connectivity index (χ0v) is 15.5. The Labute approximate surface area is 163 Å². The molecule has 0 radical (unpaired) electrons. The van der Waals surface area contributed by atoms with Crippen molar-refractivity contribution in [1.82, 2.24) is 15.2 Å². The third kappa shape index (κ3) is 3.63. The molecule has 146 valence electrons. The summed E-state index contributed by atoms with van der Waals surface area (Å²) in [5, 5.41) is 3.23. The largest absolute Gasteiger partial charge is 0.472 e. The first kappa shape index (κ1) is 18.2. The monoisotopic (exact) mass is 381 g/mol. The molecule has 28 heavy (non-hydrogen) atoms. The fourth-order valence-corrected chi connectivity index (χ4v) is 3.49. The van der Waals surface area contributed by atoms with E-state index in [4.69, 9.17) is 10.5 Å². The number of benzene rings is 1. The van der Waals surface area contributed by atoms with Crippen molar-refractivity contribution in [3.8, 4) is 5.75 Å². The Balaban J connectivity index is 1.57. The SMILES string of the molecule is Nc1ccc2c(n1)N(CCC(=O)N1CCNCC1)C(=O)C(c1ccccc1)O2. The molecule has 4 rings (SSSR count). The first-order valence-electron chi connectivity index (χ1n) is 9.41. The highest BCUT2D eigenvalue weighted by Crippen LogP contribution is 2.38. The van der Waals surface area contributed by atoms with E-state index in [2.05, 4.69) is 10.3 Å². The van der Waals surface area contributed by atoms with Gasteiger partial charge in [0.15, 0.2) is 11.6 Å². The lowest BCUT2D eigenvalue weighted by atomic mass is 10.1. The number of nitrogen functional groups attached to an aromatic ring is 1. The Kier molecular flexibility index (Phi) is 5.12. The maximum atomic E-state index is 13.2. The lowest BCUT2D eigenvalue weighted by molar-refractivity contribution is -0.131. The second kappa shape index (κ2) is 7.85. The summed E-state index contributed by atoms with van der Waals surface area (Å²) in [5.74, 6) is 0.932. The van der Waals surface area contributed by atoms with Crippen LogP contribution >= 0.6 is 0 Å². The second-order valence-electron chi connectivity index (χ2n) is 6.84. The molecule has 2 aliphatic heterocycles. The van der Waals surface area contributed by atoms with Crippen molar-refractivity contribution in [1.29, 1.82) is 0 Å². The van der Waals surface area contributed by atoms with Gasteiger partial charge in [0.05, 0.1) is 0 Å². The van der Waals surface area contributed by atoms with Crippen LogP contribution in [0, 0.1) is 0 Å². The van der Waals surface area contributed by atoms with Gasteiger partial charge in [-0.3, -0.25) is 14.5 Å². The van der Waals surface area contributed by atoms with Gasteiger partial charge in [-0.2, -0.15) is 0 Å². The van der Waals surface area contributed by atoms with Crippen LogP contribution in [0.3, 0.4) is 0 Å². The Bertz CT molecular complexity index is 867. The van der Waals surface area contributed by atoms with Crippen molar-refractivity contribution in [2.75, 3.05) is 43.4 Å². The van der Waals surface area contributed by atoms with Crippen LogP contribution in [0.1, 0.15) is 18.1 Å². The number of carbonyl (C=O) groups excluding carboxylic acids is 2. The van der Waals surface area contributed by atoms with Crippen LogP contribution in [-0.4, -0.2) is 54.4 Å². The number of carbonyl (C=O) groups is 2. The molecular weight excluding hydrogens is 358 g/mol. The van der Waals surface area contributed by atoms with E-state index in [-0.39, 0.29) is 24.8 Å². The fraction of sp³-hybridized carbons (Fsp3) is 0.350. The van der Waals surface area contributed by atoms with E-state index in [1.54, 1.807) is 12.1 Å². The minimum atomic E-state index is -0.770. The summed E-state index contributed by atoms with van der Waals surface area (Å²) in [5.41, 5.74) is 6.58. The van der Waals surface area contributed by atoms with Crippen LogP contribution in [0.15, 0.2) is 42.5 Å². The van der Waals surface area contributed by atoms with Gasteiger partial charge in [0.2, 0.25) is 12.0 Å². The Morgan fingerprint density at radius 1 is 1.18 bits per heavy atom. The summed E-state index contributed by atoms with van der Waals surface area (Å²) < 4.78 is 5.93. The van der Waals surface area contributed by atoms with Gasteiger partial charge in [-0.05, 0) is 12.1 Å². The number of pyridine rings is 1. The zero-order chi connectivity index (χ0) is 19.5. The predicted molar refractivity (Wildman–Crippen MR) is 105 cm³/mol. The number of fused-ring (bicyclic) bond motifs is 1. The standard InChI is InChI=1S/C20H23N5O3/c21-16-7-6-15-19(23-16)25(11-8-17(26)24-12-9-22-10-13-24)20(27)18(28-15)14-4-2-1-3-5-14/h1-7,18,22H,8-13H2,(H2,21,23). The molecule has 0 saturated carbocycles. The molecule has 8 nitrogen and oxygen atoms in total. The summed E-state index contributed by atoms with van der Waals surface area (Å²) in [6.45, 7) is 3.19. The van der Waals surface area contributed by atoms with Crippen molar-refractivity contribution < 1.29 is 14.3 Å². The number of piperazine rings is 1. The summed E-state index contributed by atoms with van der Waals surface area (Å²) in [6, 6.07) is 12.7. The van der Waals surface area contributed by atoms with Crippen LogP contribution in [0.2, 0.25) is 0 Å². The molecule has 1 unspecified atom stereocenters. The van der Waals surface area contributed by atoms with Gasteiger partial charge >= 0.3 is 0 Å².